The van der Waals surface area contributed by atoms with Gasteiger partial charge < -0.3 is 5.73 Å². The van der Waals surface area contributed by atoms with Crippen molar-refractivity contribution in [2.75, 3.05) is 5.73 Å². The maximum atomic E-state index is 9.00. The second-order valence-corrected chi connectivity index (χ2v) is 4.17. The topological polar surface area (TPSA) is 99.4 Å². The Morgan fingerprint density at radius 1 is 1.21 bits per heavy atom. The van der Waals surface area contributed by atoms with Gasteiger partial charge in [-0.2, -0.15) is 10.5 Å². The van der Waals surface area contributed by atoms with E-state index in [1.54, 1.807) is 25.1 Å². The average molecular weight is 270 g/mol. The van der Waals surface area contributed by atoms with Crippen LogP contribution in [-0.2, 0) is 0 Å². The van der Waals surface area contributed by atoms with Crippen LogP contribution >= 0.6 is 11.6 Å². The summed E-state index contributed by atoms with van der Waals surface area (Å²) in [7, 11) is 0. The van der Waals surface area contributed by atoms with Crippen LogP contribution in [-0.4, -0.2) is 9.97 Å². The molecule has 0 aliphatic heterocycles. The summed E-state index contributed by atoms with van der Waals surface area (Å²) >= 11 is 5.83. The molecule has 5 nitrogen and oxygen atoms in total. The smallest absolute Gasteiger partial charge is 0.165 e. The number of nitriles is 2. The third kappa shape index (κ3) is 2.20. The summed E-state index contributed by atoms with van der Waals surface area (Å²) in [5, 5.41) is 18.0. The third-order valence-corrected chi connectivity index (χ3v) is 3.05. The van der Waals surface area contributed by atoms with E-state index in [1.165, 1.54) is 0 Å². The number of rotatable bonds is 1. The molecule has 2 aromatic rings. The summed E-state index contributed by atoms with van der Waals surface area (Å²) in [5.41, 5.74) is 7.58. The van der Waals surface area contributed by atoms with Crippen LogP contribution in [0.2, 0.25) is 5.02 Å². The minimum Gasteiger partial charge on any atom is -0.382 e. The first-order valence-corrected chi connectivity index (χ1v) is 5.69. The van der Waals surface area contributed by atoms with E-state index >= 15 is 0 Å². The highest BCUT2D eigenvalue weighted by molar-refractivity contribution is 6.33. The lowest BCUT2D eigenvalue weighted by Crippen LogP contribution is -2.01. The van der Waals surface area contributed by atoms with Gasteiger partial charge in [0.2, 0.25) is 0 Å². The molecule has 0 atom stereocenters. The second kappa shape index (κ2) is 4.93. The molecule has 0 aliphatic carbocycles. The summed E-state index contributed by atoms with van der Waals surface area (Å²) in [5.74, 6) is 0.332. The lowest BCUT2D eigenvalue weighted by Gasteiger charge is -2.08. The first-order chi connectivity index (χ1) is 9.08. The van der Waals surface area contributed by atoms with Crippen molar-refractivity contribution in [3.8, 4) is 23.5 Å². The predicted molar refractivity (Wildman–Crippen MR) is 71.1 cm³/mol. The maximum absolute atomic E-state index is 9.00. The molecule has 0 saturated heterocycles. The molecule has 0 fully saturated rings. The summed E-state index contributed by atoms with van der Waals surface area (Å²) in [6.07, 6.45) is 0. The minimum absolute atomic E-state index is 0.0194. The normalized spacial score (nSPS) is 9.68. The predicted octanol–water partition coefficient (Wildman–Crippen LogP) is 2.43. The number of nitrogen functional groups attached to an aromatic ring is 1. The Kier molecular flexibility index (Phi) is 3.33. The zero-order valence-electron chi connectivity index (χ0n) is 9.98. The Bertz CT molecular complexity index is 740. The van der Waals surface area contributed by atoms with Crippen LogP contribution in [0.4, 0.5) is 5.82 Å². The lowest BCUT2D eigenvalue weighted by molar-refractivity contribution is 1.15. The molecule has 2 N–H and O–H groups in total. The summed E-state index contributed by atoms with van der Waals surface area (Å²) in [6.45, 7) is 1.79. The standard InChI is InChI=1S/C13H8ClN5/c1-7-8(5-15)3-2-4-9(7)13-18-10(6-16)11(14)12(17)19-13/h2-4H,1H3,(H2,17,18,19). The SMILES string of the molecule is Cc1c(C#N)cccc1-c1nc(N)c(Cl)c(C#N)n1. The molecule has 6 heteroatoms. The van der Waals surface area contributed by atoms with Crippen molar-refractivity contribution in [3.63, 3.8) is 0 Å². The molecule has 19 heavy (non-hydrogen) atoms. The average Bonchev–Trinajstić information content (AvgIpc) is 2.42. The lowest BCUT2D eigenvalue weighted by atomic mass is 10.0. The van der Waals surface area contributed by atoms with Crippen molar-refractivity contribution < 1.29 is 0 Å². The van der Waals surface area contributed by atoms with Crippen LogP contribution in [0, 0.1) is 29.6 Å². The first kappa shape index (κ1) is 12.8. The van der Waals surface area contributed by atoms with Gasteiger partial charge in [0, 0.05) is 5.56 Å². The van der Waals surface area contributed by atoms with E-state index in [1.807, 2.05) is 6.07 Å². The van der Waals surface area contributed by atoms with E-state index in [-0.39, 0.29) is 22.4 Å². The van der Waals surface area contributed by atoms with Gasteiger partial charge in [-0.25, -0.2) is 9.97 Å². The summed E-state index contributed by atoms with van der Waals surface area (Å²) in [4.78, 5) is 8.13. The molecule has 0 radical (unpaired) electrons. The Balaban J connectivity index is 2.71. The van der Waals surface area contributed by atoms with Crippen LogP contribution in [0.3, 0.4) is 0 Å². The van der Waals surface area contributed by atoms with Gasteiger partial charge in [0.05, 0.1) is 11.6 Å². The Morgan fingerprint density at radius 3 is 2.58 bits per heavy atom. The van der Waals surface area contributed by atoms with Crippen molar-refractivity contribution in [1.29, 1.82) is 10.5 Å². The number of anilines is 1. The van der Waals surface area contributed by atoms with Crippen LogP contribution < -0.4 is 5.73 Å². The van der Waals surface area contributed by atoms with E-state index in [4.69, 9.17) is 27.9 Å². The Morgan fingerprint density at radius 2 is 1.95 bits per heavy atom. The number of nitrogens with zero attached hydrogens (tertiary/aromatic N) is 4. The van der Waals surface area contributed by atoms with Gasteiger partial charge in [-0.1, -0.05) is 23.7 Å². The number of nitrogens with two attached hydrogens (primary N) is 1. The van der Waals surface area contributed by atoms with Crippen molar-refractivity contribution in [1.82, 2.24) is 9.97 Å². The molecule has 0 aliphatic rings. The van der Waals surface area contributed by atoms with E-state index in [2.05, 4.69) is 16.0 Å². The summed E-state index contributed by atoms with van der Waals surface area (Å²) in [6, 6.07) is 9.13. The van der Waals surface area contributed by atoms with E-state index < -0.39 is 0 Å². The zero-order valence-corrected chi connectivity index (χ0v) is 10.7. The monoisotopic (exact) mass is 269 g/mol. The molecule has 1 aromatic carbocycles. The van der Waals surface area contributed by atoms with Crippen LogP contribution in [0.15, 0.2) is 18.2 Å². The number of hydrogen-bond donors (Lipinski definition) is 1. The van der Waals surface area contributed by atoms with Gasteiger partial charge in [-0.3, -0.25) is 0 Å². The van der Waals surface area contributed by atoms with Crippen molar-refractivity contribution in [3.05, 3.63) is 40.0 Å². The van der Waals surface area contributed by atoms with Crippen molar-refractivity contribution >= 4 is 17.4 Å². The number of benzene rings is 1. The maximum Gasteiger partial charge on any atom is 0.165 e. The number of hydrogen-bond acceptors (Lipinski definition) is 5. The van der Waals surface area contributed by atoms with Gasteiger partial charge in [-0.05, 0) is 18.6 Å². The van der Waals surface area contributed by atoms with Crippen LogP contribution in [0.1, 0.15) is 16.8 Å². The quantitative estimate of drug-likeness (QED) is 0.857. The Hall–Kier alpha value is -2.63. The van der Waals surface area contributed by atoms with Crippen molar-refractivity contribution in [2.24, 2.45) is 0 Å². The molecule has 0 amide bonds. The molecule has 0 spiro atoms. The molecule has 1 aromatic heterocycles. The highest BCUT2D eigenvalue weighted by atomic mass is 35.5. The van der Waals surface area contributed by atoms with Gasteiger partial charge in [-0.15, -0.1) is 0 Å². The van der Waals surface area contributed by atoms with Crippen LogP contribution in [0.5, 0.6) is 0 Å². The van der Waals surface area contributed by atoms with Gasteiger partial charge in [0.25, 0.3) is 0 Å². The largest absolute Gasteiger partial charge is 0.382 e. The first-order valence-electron chi connectivity index (χ1n) is 5.31. The molecular weight excluding hydrogens is 262 g/mol. The van der Waals surface area contributed by atoms with Crippen LogP contribution in [0.25, 0.3) is 11.4 Å². The Labute approximate surface area is 114 Å². The molecular formula is C13H8ClN5. The number of aromatic nitrogens is 2. The molecule has 0 unspecified atom stereocenters. The zero-order chi connectivity index (χ0) is 14.0. The van der Waals surface area contributed by atoms with E-state index in [9.17, 15) is 0 Å². The fourth-order valence-electron chi connectivity index (χ4n) is 1.66. The van der Waals surface area contributed by atoms with Gasteiger partial charge in [0.1, 0.15) is 16.9 Å². The minimum atomic E-state index is 0.0194. The van der Waals surface area contributed by atoms with E-state index in [0.29, 0.717) is 11.1 Å². The van der Waals surface area contributed by atoms with Gasteiger partial charge >= 0.3 is 0 Å². The fourth-order valence-corrected chi connectivity index (χ4v) is 1.78. The molecule has 92 valence electrons. The highest BCUT2D eigenvalue weighted by Crippen LogP contribution is 2.27. The summed E-state index contributed by atoms with van der Waals surface area (Å²) < 4.78 is 0. The van der Waals surface area contributed by atoms with Gasteiger partial charge in [0.15, 0.2) is 11.5 Å². The number of halogens is 1. The molecule has 1 heterocycles. The molecule has 0 saturated carbocycles. The molecule has 0 bridgehead atoms. The van der Waals surface area contributed by atoms with Crippen molar-refractivity contribution in [2.45, 2.75) is 6.92 Å². The van der Waals surface area contributed by atoms with E-state index in [0.717, 1.165) is 5.56 Å². The highest BCUT2D eigenvalue weighted by Gasteiger charge is 2.14. The second-order valence-electron chi connectivity index (χ2n) is 3.80. The molecule has 2 rings (SSSR count). The third-order valence-electron chi connectivity index (χ3n) is 2.68. The fraction of sp³-hybridized carbons (Fsp3) is 0.0769.